The zero-order chi connectivity index (χ0) is 17.9. The number of aromatic nitrogens is 3. The van der Waals surface area contributed by atoms with Gasteiger partial charge >= 0.3 is 0 Å². The summed E-state index contributed by atoms with van der Waals surface area (Å²) in [6.07, 6.45) is 3.65. The monoisotopic (exact) mass is 360 g/mol. The predicted octanol–water partition coefficient (Wildman–Crippen LogP) is 2.39. The smallest absolute Gasteiger partial charge is 0.272 e. The van der Waals surface area contributed by atoms with E-state index in [1.54, 1.807) is 24.7 Å². The van der Waals surface area contributed by atoms with E-state index in [9.17, 15) is 9.90 Å². The molecule has 2 atom stereocenters. The minimum absolute atomic E-state index is 0.134. The fourth-order valence-corrected chi connectivity index (χ4v) is 3.62. The summed E-state index contributed by atoms with van der Waals surface area (Å²) >= 11 is 6.09. The normalized spacial score (nSPS) is 21.0. The number of carbonyl (C=O) groups is 1. The van der Waals surface area contributed by atoms with Crippen molar-refractivity contribution >= 4 is 17.5 Å². The number of nitrogens with one attached hydrogen (secondary N) is 1. The predicted molar refractivity (Wildman–Crippen MR) is 94.3 cm³/mol. The van der Waals surface area contributed by atoms with Crippen LogP contribution in [-0.4, -0.2) is 37.9 Å². The van der Waals surface area contributed by atoms with Crippen molar-refractivity contribution in [1.82, 2.24) is 20.1 Å². The molecule has 2 aromatic heterocycles. The lowest BCUT2D eigenvalue weighted by atomic mass is 10.1. The minimum Gasteiger partial charge on any atom is -0.394 e. The van der Waals surface area contributed by atoms with E-state index in [-0.39, 0.29) is 12.5 Å². The van der Waals surface area contributed by atoms with Gasteiger partial charge in [-0.2, -0.15) is 5.10 Å². The van der Waals surface area contributed by atoms with E-state index < -0.39 is 5.54 Å². The summed E-state index contributed by atoms with van der Waals surface area (Å²) in [6.45, 7) is 5.35. The summed E-state index contributed by atoms with van der Waals surface area (Å²) in [4.78, 5) is 17.1. The van der Waals surface area contributed by atoms with Crippen LogP contribution in [0.2, 0.25) is 5.02 Å². The van der Waals surface area contributed by atoms with Gasteiger partial charge in [0, 0.05) is 17.7 Å². The molecule has 0 aromatic carbocycles. The number of carbonyl (C=O) groups excluding carboxylic acids is 1. The summed E-state index contributed by atoms with van der Waals surface area (Å²) in [6, 6.07) is 1.89. The fourth-order valence-electron chi connectivity index (χ4n) is 3.52. The van der Waals surface area contributed by atoms with E-state index in [0.29, 0.717) is 28.4 Å². The van der Waals surface area contributed by atoms with Crippen molar-refractivity contribution < 1.29 is 9.90 Å². The van der Waals surface area contributed by atoms with E-state index in [4.69, 9.17) is 11.6 Å². The molecule has 7 heteroatoms. The number of amides is 1. The number of aliphatic hydroxyl groups is 1. The highest BCUT2D eigenvalue weighted by molar-refractivity contribution is 6.31. The Labute approximate surface area is 151 Å². The molecular weight excluding hydrogens is 340 g/mol. The van der Waals surface area contributed by atoms with E-state index in [1.165, 1.54) is 0 Å². The lowest BCUT2D eigenvalue weighted by Gasteiger charge is -2.23. The van der Waals surface area contributed by atoms with E-state index in [1.807, 2.05) is 13.0 Å². The van der Waals surface area contributed by atoms with Crippen LogP contribution in [0.1, 0.15) is 53.5 Å². The number of aliphatic hydroxyl groups excluding tert-OH is 1. The maximum Gasteiger partial charge on any atom is 0.272 e. The van der Waals surface area contributed by atoms with Gasteiger partial charge in [-0.1, -0.05) is 11.6 Å². The quantitative estimate of drug-likeness (QED) is 0.877. The van der Waals surface area contributed by atoms with Crippen molar-refractivity contribution in [2.24, 2.45) is 5.92 Å². The zero-order valence-electron chi connectivity index (χ0n) is 14.5. The number of pyridine rings is 1. The standard InChI is InChI=1S/C18H21ClN4O2/c1-9-4-14(20-7-13(9)19)23-16-11-5-10(11)6-12(16)15(22-23)17(25)21-18(2,3)8-24/h4,7,10-11,24H,5-6,8H2,1-3H3,(H,21,25)/t10-,11-/m1/s1. The van der Waals surface area contributed by atoms with Gasteiger partial charge in [-0.25, -0.2) is 9.67 Å². The number of hydrogen-bond donors (Lipinski definition) is 2. The molecule has 2 N–H and O–H groups in total. The van der Waals surface area contributed by atoms with Gasteiger partial charge in [0.25, 0.3) is 5.91 Å². The highest BCUT2D eigenvalue weighted by Crippen LogP contribution is 2.57. The third-order valence-electron chi connectivity index (χ3n) is 5.08. The maximum atomic E-state index is 12.7. The molecular formula is C18H21ClN4O2. The van der Waals surface area contributed by atoms with Crippen LogP contribution >= 0.6 is 11.6 Å². The third-order valence-corrected chi connectivity index (χ3v) is 5.47. The van der Waals surface area contributed by atoms with Gasteiger partial charge in [0.2, 0.25) is 0 Å². The largest absolute Gasteiger partial charge is 0.394 e. The summed E-state index contributed by atoms with van der Waals surface area (Å²) in [5.74, 6) is 1.52. The summed E-state index contributed by atoms with van der Waals surface area (Å²) in [5, 5.41) is 17.5. The molecule has 4 rings (SSSR count). The molecule has 0 saturated heterocycles. The lowest BCUT2D eigenvalue weighted by molar-refractivity contribution is 0.0863. The minimum atomic E-state index is -0.690. The molecule has 0 aliphatic heterocycles. The molecule has 132 valence electrons. The van der Waals surface area contributed by atoms with E-state index >= 15 is 0 Å². The number of rotatable bonds is 4. The van der Waals surface area contributed by atoms with Crippen molar-refractivity contribution in [2.75, 3.05) is 6.61 Å². The van der Waals surface area contributed by atoms with Crippen molar-refractivity contribution in [3.05, 3.63) is 39.8 Å². The molecule has 1 amide bonds. The van der Waals surface area contributed by atoms with Gasteiger partial charge in [0.05, 0.1) is 22.9 Å². The number of nitrogens with zero attached hydrogens (tertiary/aromatic N) is 3. The lowest BCUT2D eigenvalue weighted by Crippen LogP contribution is -2.46. The Bertz CT molecular complexity index is 874. The molecule has 6 nitrogen and oxygen atoms in total. The van der Waals surface area contributed by atoms with E-state index in [0.717, 1.165) is 29.7 Å². The molecule has 1 fully saturated rings. The van der Waals surface area contributed by atoms with Gasteiger partial charge in [-0.3, -0.25) is 4.79 Å². The van der Waals surface area contributed by atoms with Gasteiger partial charge < -0.3 is 10.4 Å². The molecule has 25 heavy (non-hydrogen) atoms. The molecule has 2 aliphatic carbocycles. The van der Waals surface area contributed by atoms with Crippen LogP contribution in [0.15, 0.2) is 12.3 Å². The molecule has 1 saturated carbocycles. The van der Waals surface area contributed by atoms with Gasteiger partial charge in [0.15, 0.2) is 11.5 Å². The first-order chi connectivity index (χ1) is 11.8. The van der Waals surface area contributed by atoms with Crippen LogP contribution in [0.5, 0.6) is 0 Å². The van der Waals surface area contributed by atoms with E-state index in [2.05, 4.69) is 15.4 Å². The van der Waals surface area contributed by atoms with Crippen LogP contribution in [0.3, 0.4) is 0 Å². The number of hydrogen-bond acceptors (Lipinski definition) is 4. The molecule has 2 aromatic rings. The molecule has 0 spiro atoms. The summed E-state index contributed by atoms with van der Waals surface area (Å²) < 4.78 is 1.80. The highest BCUT2D eigenvalue weighted by atomic mass is 35.5. The van der Waals surface area contributed by atoms with Gasteiger partial charge in [-0.15, -0.1) is 0 Å². The molecule has 2 aliphatic rings. The second kappa shape index (κ2) is 5.54. The van der Waals surface area contributed by atoms with Crippen LogP contribution < -0.4 is 5.32 Å². The Kier molecular flexibility index (Phi) is 3.67. The van der Waals surface area contributed by atoms with Gasteiger partial charge in [0.1, 0.15) is 0 Å². The number of aryl methyl sites for hydroxylation is 1. The van der Waals surface area contributed by atoms with Crippen LogP contribution in [0, 0.1) is 12.8 Å². The van der Waals surface area contributed by atoms with Crippen molar-refractivity contribution in [3.63, 3.8) is 0 Å². The summed E-state index contributed by atoms with van der Waals surface area (Å²) in [5.41, 5.74) is 2.80. The second-order valence-electron chi connectivity index (χ2n) is 7.72. The Morgan fingerprint density at radius 3 is 2.96 bits per heavy atom. The van der Waals surface area contributed by atoms with Crippen molar-refractivity contribution in [1.29, 1.82) is 0 Å². The van der Waals surface area contributed by atoms with Crippen LogP contribution in [0.4, 0.5) is 0 Å². The maximum absolute atomic E-state index is 12.7. The Hall–Kier alpha value is -1.92. The van der Waals surface area contributed by atoms with Crippen LogP contribution in [0.25, 0.3) is 5.82 Å². The fraction of sp³-hybridized carbons (Fsp3) is 0.500. The van der Waals surface area contributed by atoms with Gasteiger partial charge in [-0.05, 0) is 51.2 Å². The first kappa shape index (κ1) is 16.5. The first-order valence-corrected chi connectivity index (χ1v) is 8.86. The van der Waals surface area contributed by atoms with Crippen molar-refractivity contribution in [3.8, 4) is 5.82 Å². The number of halogens is 1. The zero-order valence-corrected chi connectivity index (χ0v) is 15.3. The molecule has 0 radical (unpaired) electrons. The topological polar surface area (TPSA) is 80.0 Å². The summed E-state index contributed by atoms with van der Waals surface area (Å²) in [7, 11) is 0. The second-order valence-corrected chi connectivity index (χ2v) is 8.13. The average Bonchev–Trinajstić information content (AvgIpc) is 3.06. The SMILES string of the molecule is Cc1cc(-n2nc(C(=O)NC(C)(C)CO)c3c2[C@@H]2C[C@@H]2C3)ncc1Cl. The number of fused-ring (bicyclic) bond motifs is 3. The Morgan fingerprint density at radius 2 is 2.28 bits per heavy atom. The molecule has 2 heterocycles. The van der Waals surface area contributed by atoms with Crippen LogP contribution in [-0.2, 0) is 6.42 Å². The molecule has 0 bridgehead atoms. The third kappa shape index (κ3) is 2.73. The average molecular weight is 361 g/mol. The Balaban J connectivity index is 1.77. The molecule has 0 unspecified atom stereocenters. The first-order valence-electron chi connectivity index (χ1n) is 8.48. The van der Waals surface area contributed by atoms with Crippen molar-refractivity contribution in [2.45, 2.75) is 45.1 Å². The highest BCUT2D eigenvalue weighted by Gasteiger charge is 2.50. The Morgan fingerprint density at radius 1 is 1.52 bits per heavy atom.